The Kier molecular flexibility index (Phi) is 4.81. The molecule has 0 nitrogen and oxygen atoms in total. The summed E-state index contributed by atoms with van der Waals surface area (Å²) >= 11 is 0. The molecule has 0 radical (unpaired) electrons. The van der Waals surface area contributed by atoms with Crippen molar-refractivity contribution in [3.8, 4) is 0 Å². The Hall–Kier alpha value is -3.12. The first kappa shape index (κ1) is 16.7. The van der Waals surface area contributed by atoms with Gasteiger partial charge in [0, 0.05) is 0 Å². The molecule has 0 unspecified atom stereocenters. The number of benzene rings is 2. The van der Waals surface area contributed by atoms with Crippen LogP contribution in [0.4, 0.5) is 0 Å². The Balaban J connectivity index is 2.78. The Labute approximate surface area is 149 Å². The van der Waals surface area contributed by atoms with E-state index in [4.69, 9.17) is 0 Å². The Morgan fingerprint density at radius 2 is 1.40 bits per heavy atom. The molecule has 0 heterocycles. The molecule has 0 aliphatic carbocycles. The summed E-state index contributed by atoms with van der Waals surface area (Å²) in [5, 5.41) is 6.64. The van der Waals surface area contributed by atoms with Crippen LogP contribution in [0, 0.1) is 0 Å². The molecule has 0 heteroatoms. The fourth-order valence-electron chi connectivity index (χ4n) is 3.27. The van der Waals surface area contributed by atoms with Gasteiger partial charge >= 0.3 is 0 Å². The predicted molar refractivity (Wildman–Crippen MR) is 114 cm³/mol. The summed E-state index contributed by atoms with van der Waals surface area (Å²) in [6.07, 6.45) is 6.16. The van der Waals surface area contributed by atoms with Gasteiger partial charge in [-0.3, -0.25) is 0 Å². The molecule has 0 saturated carbocycles. The van der Waals surface area contributed by atoms with E-state index in [1.165, 1.54) is 16.3 Å². The molecule has 0 aliphatic heterocycles. The highest BCUT2D eigenvalue weighted by Crippen LogP contribution is 2.32. The lowest BCUT2D eigenvalue weighted by molar-refractivity contribution is 1.64. The van der Waals surface area contributed by atoms with Crippen molar-refractivity contribution in [3.63, 3.8) is 0 Å². The van der Waals surface area contributed by atoms with E-state index in [2.05, 4.69) is 68.3 Å². The zero-order valence-corrected chi connectivity index (χ0v) is 14.6. The smallest absolute Gasteiger partial charge is 0.00323 e. The van der Waals surface area contributed by atoms with E-state index in [0.29, 0.717) is 0 Å². The maximum atomic E-state index is 4.32. The van der Waals surface area contributed by atoms with Crippen molar-refractivity contribution in [2.45, 2.75) is 6.92 Å². The lowest BCUT2D eigenvalue weighted by atomic mass is 9.91. The highest BCUT2D eigenvalue weighted by molar-refractivity contribution is 6.14. The van der Waals surface area contributed by atoms with Crippen LogP contribution in [0.15, 0.2) is 73.3 Å². The summed E-state index contributed by atoms with van der Waals surface area (Å²) in [6, 6.07) is 20.7. The van der Waals surface area contributed by atoms with Crippen LogP contribution in [-0.2, 0) is 0 Å². The monoisotopic (exact) mass is 322 g/mol. The minimum absolute atomic E-state index is 0.957. The van der Waals surface area contributed by atoms with Crippen molar-refractivity contribution in [2.75, 3.05) is 0 Å². The van der Waals surface area contributed by atoms with Gasteiger partial charge in [0.15, 0.2) is 0 Å². The van der Waals surface area contributed by atoms with Crippen LogP contribution in [0.2, 0.25) is 0 Å². The maximum Gasteiger partial charge on any atom is -0.00323 e. The number of rotatable bonds is 2. The van der Waals surface area contributed by atoms with Crippen LogP contribution >= 0.6 is 0 Å². The molecule has 0 aromatic heterocycles. The molecule has 0 bridgehead atoms. The highest BCUT2D eigenvalue weighted by Gasteiger charge is 2.09. The molecule has 3 aromatic carbocycles. The second-order valence-electron chi connectivity index (χ2n) is 6.02. The van der Waals surface area contributed by atoms with Crippen LogP contribution in [0.5, 0.6) is 0 Å². The Morgan fingerprint density at radius 3 is 2.12 bits per heavy atom. The van der Waals surface area contributed by atoms with Crippen molar-refractivity contribution < 1.29 is 0 Å². The average molecular weight is 322 g/mol. The molecule has 0 fully saturated rings. The molecule has 0 N–H and O–H groups in total. The number of hydrogen-bond acceptors (Lipinski definition) is 0. The first-order valence-electron chi connectivity index (χ1n) is 8.42. The van der Waals surface area contributed by atoms with Crippen molar-refractivity contribution >= 4 is 46.9 Å². The maximum absolute atomic E-state index is 4.32. The lowest BCUT2D eigenvalue weighted by Gasteiger charge is -2.12. The molecule has 122 valence electrons. The van der Waals surface area contributed by atoms with Crippen molar-refractivity contribution in [2.24, 2.45) is 0 Å². The third-order valence-corrected chi connectivity index (χ3v) is 4.38. The van der Waals surface area contributed by atoms with Gasteiger partial charge in [0.25, 0.3) is 0 Å². The second-order valence-corrected chi connectivity index (χ2v) is 6.02. The molecule has 25 heavy (non-hydrogen) atoms. The third-order valence-electron chi connectivity index (χ3n) is 4.38. The molecular weight excluding hydrogens is 300 g/mol. The average Bonchev–Trinajstić information content (AvgIpc) is 2.63. The number of hydrogen-bond donors (Lipinski definition) is 0. The summed E-state index contributed by atoms with van der Waals surface area (Å²) in [5.74, 6) is 0. The summed E-state index contributed by atoms with van der Waals surface area (Å²) in [6.45, 7) is 14.5. The first-order valence-corrected chi connectivity index (χ1v) is 8.42. The molecule has 3 aromatic rings. The van der Waals surface area contributed by atoms with E-state index < -0.39 is 0 Å². The van der Waals surface area contributed by atoms with Gasteiger partial charge in [-0.25, -0.2) is 0 Å². The number of fused-ring (bicyclic) bond motifs is 3. The summed E-state index contributed by atoms with van der Waals surface area (Å²) in [4.78, 5) is 0. The molecule has 0 amide bonds. The molecule has 0 aliphatic rings. The van der Waals surface area contributed by atoms with Crippen LogP contribution in [0.3, 0.4) is 0 Å². The van der Waals surface area contributed by atoms with E-state index in [9.17, 15) is 0 Å². The summed E-state index contributed by atoms with van der Waals surface area (Å²) < 4.78 is 0. The van der Waals surface area contributed by atoms with Crippen LogP contribution in [0.25, 0.3) is 46.9 Å². The van der Waals surface area contributed by atoms with Gasteiger partial charge in [-0.15, -0.1) is 0 Å². The summed E-state index contributed by atoms with van der Waals surface area (Å²) in [7, 11) is 0. The van der Waals surface area contributed by atoms with E-state index in [1.54, 1.807) is 0 Å². The predicted octanol–water partition coefficient (Wildman–Crippen LogP) is 5.61. The van der Waals surface area contributed by atoms with Gasteiger partial charge in [-0.05, 0) is 50.0 Å². The van der Waals surface area contributed by atoms with Crippen molar-refractivity contribution in [3.05, 3.63) is 94.9 Å². The molecular formula is C25H22. The van der Waals surface area contributed by atoms with Gasteiger partial charge in [-0.2, -0.15) is 0 Å². The van der Waals surface area contributed by atoms with Gasteiger partial charge in [-0.1, -0.05) is 98.6 Å². The van der Waals surface area contributed by atoms with Crippen molar-refractivity contribution in [1.82, 2.24) is 0 Å². The van der Waals surface area contributed by atoms with E-state index in [0.717, 1.165) is 26.8 Å². The largest absolute Gasteiger partial charge is 0.0984 e. The highest BCUT2D eigenvalue weighted by atomic mass is 14.1. The number of allylic oxidation sites excluding steroid dienone is 1. The minimum atomic E-state index is 0.957. The van der Waals surface area contributed by atoms with Crippen LogP contribution in [-0.4, -0.2) is 0 Å². The first-order chi connectivity index (χ1) is 12.2. The van der Waals surface area contributed by atoms with E-state index >= 15 is 0 Å². The fourth-order valence-corrected chi connectivity index (χ4v) is 3.27. The van der Waals surface area contributed by atoms with E-state index in [-0.39, 0.29) is 0 Å². The van der Waals surface area contributed by atoms with E-state index in [1.807, 2.05) is 37.3 Å². The molecule has 0 spiro atoms. The third kappa shape index (κ3) is 3.12. The van der Waals surface area contributed by atoms with Gasteiger partial charge in [0.2, 0.25) is 0 Å². The SMILES string of the molecule is C=Cc1c(/C=C\C)c2ccccc2c2c(=C)ccccc(=C)ccc12. The fraction of sp³-hybridized carbons (Fsp3) is 0.0400. The Bertz CT molecular complexity index is 1150. The summed E-state index contributed by atoms with van der Waals surface area (Å²) in [5.41, 5.74) is 2.31. The lowest BCUT2D eigenvalue weighted by Crippen LogP contribution is -2.00. The normalized spacial score (nSPS) is 10.9. The molecule has 3 rings (SSSR count). The second kappa shape index (κ2) is 7.19. The van der Waals surface area contributed by atoms with Crippen molar-refractivity contribution in [1.29, 1.82) is 0 Å². The molecule has 0 atom stereocenters. The topological polar surface area (TPSA) is 0 Å². The zero-order valence-electron chi connectivity index (χ0n) is 14.6. The van der Waals surface area contributed by atoms with Crippen LogP contribution < -0.4 is 10.4 Å². The van der Waals surface area contributed by atoms with Gasteiger partial charge in [0.05, 0.1) is 0 Å². The Morgan fingerprint density at radius 1 is 0.720 bits per heavy atom. The van der Waals surface area contributed by atoms with Gasteiger partial charge in [0.1, 0.15) is 0 Å². The molecule has 0 saturated heterocycles. The van der Waals surface area contributed by atoms with Crippen LogP contribution in [0.1, 0.15) is 18.1 Å². The standard InChI is InChI=1S/C25H22/c1-5-11-21-20(6-2)24-17-16-18(3)12-7-8-13-19(4)25(24)23-15-10-9-14-22(21)23/h5-17H,2-4H2,1H3/b11-5-,12-7?,13-8?,17-16?. The zero-order chi connectivity index (χ0) is 17.8. The minimum Gasteiger partial charge on any atom is -0.0984 e. The van der Waals surface area contributed by atoms with Gasteiger partial charge < -0.3 is 0 Å². The quantitative estimate of drug-likeness (QED) is 0.575.